The van der Waals surface area contributed by atoms with Crippen LogP contribution >= 0.6 is 11.6 Å². The van der Waals surface area contributed by atoms with E-state index in [-0.39, 0.29) is 17.9 Å². The molecule has 0 aliphatic heterocycles. The molecular weight excluding hydrogens is 396 g/mol. The van der Waals surface area contributed by atoms with Crippen molar-refractivity contribution < 1.29 is 9.59 Å². The highest BCUT2D eigenvalue weighted by atomic mass is 35.5. The van der Waals surface area contributed by atoms with Crippen LogP contribution in [0, 0.1) is 0 Å². The molecule has 162 valence electrons. The quantitative estimate of drug-likeness (QED) is 0.586. The van der Waals surface area contributed by atoms with Crippen molar-refractivity contribution in [2.75, 3.05) is 0 Å². The van der Waals surface area contributed by atoms with E-state index in [0.717, 1.165) is 11.1 Å². The van der Waals surface area contributed by atoms with Gasteiger partial charge in [-0.3, -0.25) is 9.59 Å². The van der Waals surface area contributed by atoms with E-state index in [1.54, 1.807) is 17.9 Å². The monoisotopic (exact) mass is 428 g/mol. The minimum absolute atomic E-state index is 0.0108. The Labute approximate surface area is 185 Å². The molecule has 0 bridgehead atoms. The molecule has 1 atom stereocenters. The second kappa shape index (κ2) is 11.2. The molecule has 2 amide bonds. The molecule has 0 aliphatic rings. The maximum Gasteiger partial charge on any atom is 0.242 e. The number of amides is 2. The number of rotatable bonds is 9. The predicted octanol–water partition coefficient (Wildman–Crippen LogP) is 5.34. The normalized spacial score (nSPS) is 12.1. The molecule has 2 aromatic rings. The van der Waals surface area contributed by atoms with Gasteiger partial charge in [0.2, 0.25) is 11.8 Å². The van der Waals surface area contributed by atoms with Crippen molar-refractivity contribution in [1.82, 2.24) is 10.2 Å². The van der Waals surface area contributed by atoms with Crippen molar-refractivity contribution in [1.29, 1.82) is 0 Å². The second-order valence-electron chi connectivity index (χ2n) is 8.35. The third kappa shape index (κ3) is 6.88. The van der Waals surface area contributed by atoms with E-state index in [2.05, 4.69) is 43.4 Å². The number of hydrogen-bond acceptors (Lipinski definition) is 2. The summed E-state index contributed by atoms with van der Waals surface area (Å²) < 4.78 is 0. The zero-order chi connectivity index (χ0) is 22.3. The molecule has 0 aliphatic carbocycles. The maximum atomic E-state index is 13.1. The van der Waals surface area contributed by atoms with Crippen molar-refractivity contribution in [2.24, 2.45) is 0 Å². The highest BCUT2D eigenvalue weighted by molar-refractivity contribution is 6.31. The molecule has 0 spiro atoms. The molecule has 4 nitrogen and oxygen atoms in total. The highest BCUT2D eigenvalue weighted by Gasteiger charge is 2.26. The van der Waals surface area contributed by atoms with Crippen LogP contribution < -0.4 is 5.32 Å². The van der Waals surface area contributed by atoms with E-state index in [0.29, 0.717) is 30.3 Å². The van der Waals surface area contributed by atoms with Crippen molar-refractivity contribution in [3.63, 3.8) is 0 Å². The van der Waals surface area contributed by atoms with Gasteiger partial charge < -0.3 is 10.2 Å². The SMILES string of the molecule is CC(C)NC(=O)[C@@H](C)N(Cc1ccccc1Cl)C(=O)CCc1ccc(C(C)C)cc1. The van der Waals surface area contributed by atoms with E-state index in [9.17, 15) is 9.59 Å². The smallest absolute Gasteiger partial charge is 0.242 e. The summed E-state index contributed by atoms with van der Waals surface area (Å²) in [6.07, 6.45) is 0.972. The lowest BCUT2D eigenvalue weighted by atomic mass is 10.00. The topological polar surface area (TPSA) is 49.4 Å². The fourth-order valence-corrected chi connectivity index (χ4v) is 3.46. The van der Waals surface area contributed by atoms with Crippen molar-refractivity contribution in [3.8, 4) is 0 Å². The van der Waals surface area contributed by atoms with Crippen LogP contribution in [0.2, 0.25) is 5.02 Å². The molecule has 0 saturated carbocycles. The summed E-state index contributed by atoms with van der Waals surface area (Å²) >= 11 is 6.32. The van der Waals surface area contributed by atoms with Crippen LogP contribution in [-0.4, -0.2) is 28.8 Å². The maximum absolute atomic E-state index is 13.1. The molecule has 2 rings (SSSR count). The van der Waals surface area contributed by atoms with Gasteiger partial charge in [0.1, 0.15) is 6.04 Å². The Balaban J connectivity index is 2.14. The Morgan fingerprint density at radius 1 is 0.967 bits per heavy atom. The first kappa shape index (κ1) is 23.9. The summed E-state index contributed by atoms with van der Waals surface area (Å²) in [6, 6.07) is 15.2. The van der Waals surface area contributed by atoms with Crippen LogP contribution in [0.3, 0.4) is 0 Å². The minimum atomic E-state index is -0.584. The Bertz CT molecular complexity index is 846. The van der Waals surface area contributed by atoms with Gasteiger partial charge in [0.05, 0.1) is 0 Å². The summed E-state index contributed by atoms with van der Waals surface area (Å²) in [4.78, 5) is 27.4. The number of carbonyl (C=O) groups is 2. The largest absolute Gasteiger partial charge is 0.352 e. The van der Waals surface area contributed by atoms with Gasteiger partial charge >= 0.3 is 0 Å². The van der Waals surface area contributed by atoms with Gasteiger partial charge in [0.25, 0.3) is 0 Å². The lowest BCUT2D eigenvalue weighted by Crippen LogP contribution is -2.49. The van der Waals surface area contributed by atoms with E-state index < -0.39 is 6.04 Å². The van der Waals surface area contributed by atoms with Gasteiger partial charge in [-0.05, 0) is 55.9 Å². The fourth-order valence-electron chi connectivity index (χ4n) is 3.26. The Hall–Kier alpha value is -2.33. The van der Waals surface area contributed by atoms with Crippen LogP contribution in [-0.2, 0) is 22.6 Å². The number of nitrogens with zero attached hydrogens (tertiary/aromatic N) is 1. The average Bonchev–Trinajstić information content (AvgIpc) is 2.70. The average molecular weight is 429 g/mol. The first-order valence-corrected chi connectivity index (χ1v) is 11.0. The van der Waals surface area contributed by atoms with Crippen LogP contribution in [0.5, 0.6) is 0 Å². The van der Waals surface area contributed by atoms with Crippen molar-refractivity contribution >= 4 is 23.4 Å². The van der Waals surface area contributed by atoms with E-state index in [4.69, 9.17) is 11.6 Å². The number of halogens is 1. The first-order chi connectivity index (χ1) is 14.2. The van der Waals surface area contributed by atoms with Gasteiger partial charge in [0, 0.05) is 24.0 Å². The molecule has 1 N–H and O–H groups in total. The summed E-state index contributed by atoms with van der Waals surface area (Å²) in [5, 5.41) is 3.50. The van der Waals surface area contributed by atoms with Gasteiger partial charge in [-0.25, -0.2) is 0 Å². The van der Waals surface area contributed by atoms with Crippen LogP contribution in [0.4, 0.5) is 0 Å². The molecule has 0 heterocycles. The zero-order valence-electron chi connectivity index (χ0n) is 18.6. The van der Waals surface area contributed by atoms with E-state index in [1.165, 1.54) is 5.56 Å². The predicted molar refractivity (Wildman–Crippen MR) is 124 cm³/mol. The van der Waals surface area contributed by atoms with E-state index in [1.807, 2.05) is 32.0 Å². The third-order valence-corrected chi connectivity index (χ3v) is 5.54. The molecule has 30 heavy (non-hydrogen) atoms. The molecule has 0 fully saturated rings. The molecule has 0 unspecified atom stereocenters. The number of hydrogen-bond donors (Lipinski definition) is 1. The van der Waals surface area contributed by atoms with Gasteiger partial charge in [0.15, 0.2) is 0 Å². The van der Waals surface area contributed by atoms with Gasteiger partial charge in [-0.1, -0.05) is 67.9 Å². The Morgan fingerprint density at radius 3 is 2.17 bits per heavy atom. The van der Waals surface area contributed by atoms with Crippen LogP contribution in [0.15, 0.2) is 48.5 Å². The summed E-state index contributed by atoms with van der Waals surface area (Å²) in [6.45, 7) is 10.2. The standard InChI is InChI=1S/C25H33ClN2O2/c1-17(2)21-13-10-20(11-14-21)12-15-24(29)28(19(5)25(30)27-18(3)4)16-22-8-6-7-9-23(22)26/h6-11,13-14,17-19H,12,15-16H2,1-5H3,(H,27,30)/t19-/m1/s1. The number of nitrogens with one attached hydrogen (secondary N) is 1. The fraction of sp³-hybridized carbons (Fsp3) is 0.440. The second-order valence-corrected chi connectivity index (χ2v) is 8.76. The van der Waals surface area contributed by atoms with Gasteiger partial charge in [-0.15, -0.1) is 0 Å². The Morgan fingerprint density at radius 2 is 1.60 bits per heavy atom. The Kier molecular flexibility index (Phi) is 8.91. The summed E-state index contributed by atoms with van der Waals surface area (Å²) in [5.74, 6) is 0.257. The van der Waals surface area contributed by atoms with Crippen LogP contribution in [0.25, 0.3) is 0 Å². The lowest BCUT2D eigenvalue weighted by Gasteiger charge is -2.29. The van der Waals surface area contributed by atoms with Crippen molar-refractivity contribution in [2.45, 2.75) is 72.0 Å². The molecule has 2 aromatic carbocycles. The zero-order valence-corrected chi connectivity index (χ0v) is 19.4. The first-order valence-electron chi connectivity index (χ1n) is 10.6. The number of carbonyl (C=O) groups excluding carboxylic acids is 2. The number of benzene rings is 2. The summed E-state index contributed by atoms with van der Waals surface area (Å²) in [7, 11) is 0. The van der Waals surface area contributed by atoms with Crippen molar-refractivity contribution in [3.05, 3.63) is 70.2 Å². The highest BCUT2D eigenvalue weighted by Crippen LogP contribution is 2.20. The third-order valence-electron chi connectivity index (χ3n) is 5.17. The summed E-state index contributed by atoms with van der Waals surface area (Å²) in [5.41, 5.74) is 3.23. The van der Waals surface area contributed by atoms with Gasteiger partial charge in [-0.2, -0.15) is 0 Å². The number of aryl methyl sites for hydroxylation is 1. The lowest BCUT2D eigenvalue weighted by molar-refractivity contribution is -0.140. The molecule has 0 aromatic heterocycles. The molecule has 0 saturated heterocycles. The van der Waals surface area contributed by atoms with E-state index >= 15 is 0 Å². The molecular formula is C25H33ClN2O2. The van der Waals surface area contributed by atoms with Crippen LogP contribution in [0.1, 0.15) is 63.6 Å². The minimum Gasteiger partial charge on any atom is -0.352 e. The molecule has 0 radical (unpaired) electrons. The molecule has 5 heteroatoms.